The normalized spacial score (nSPS) is 10.4. The Kier molecular flexibility index (Phi) is 9.24. The topological polar surface area (TPSA) is 54.0 Å². The van der Waals surface area contributed by atoms with Gasteiger partial charge in [0, 0.05) is 33.9 Å². The van der Waals surface area contributed by atoms with Crippen LogP contribution in [0.4, 0.5) is 0 Å². The molecule has 0 atom stereocenters. The summed E-state index contributed by atoms with van der Waals surface area (Å²) in [5.41, 5.74) is 0.527. The highest BCUT2D eigenvalue weighted by molar-refractivity contribution is 5.89. The first kappa shape index (κ1) is 17.5. The average Bonchev–Trinajstić information content (AvgIpc) is 2.52. The zero-order valence-electron chi connectivity index (χ0n) is 12.8. The quantitative estimate of drug-likeness (QED) is 0.464. The molecule has 1 aromatic rings. The van der Waals surface area contributed by atoms with Crippen molar-refractivity contribution >= 4 is 5.97 Å². The minimum atomic E-state index is -0.322. The van der Waals surface area contributed by atoms with Crippen molar-refractivity contribution in [3.63, 3.8) is 0 Å². The van der Waals surface area contributed by atoms with E-state index in [1.54, 1.807) is 38.5 Å². The SMILES string of the molecule is COCCCCOc1ccc(C(=O)OCCCOC)cc1. The van der Waals surface area contributed by atoms with Crippen molar-refractivity contribution < 1.29 is 23.7 Å². The Morgan fingerprint density at radius 3 is 2.14 bits per heavy atom. The lowest BCUT2D eigenvalue weighted by Crippen LogP contribution is -2.08. The molecule has 0 saturated heterocycles. The molecule has 5 heteroatoms. The van der Waals surface area contributed by atoms with Gasteiger partial charge in [0.1, 0.15) is 5.75 Å². The van der Waals surface area contributed by atoms with Crippen LogP contribution in [-0.4, -0.2) is 46.6 Å². The summed E-state index contributed by atoms with van der Waals surface area (Å²) >= 11 is 0. The number of carbonyl (C=O) groups is 1. The third-order valence-corrected chi connectivity index (χ3v) is 2.83. The summed E-state index contributed by atoms with van der Waals surface area (Å²) in [6.45, 7) is 2.34. The molecular weight excluding hydrogens is 272 g/mol. The molecule has 0 fully saturated rings. The Morgan fingerprint density at radius 1 is 0.857 bits per heavy atom. The third kappa shape index (κ3) is 7.68. The summed E-state index contributed by atoms with van der Waals surface area (Å²) in [6, 6.07) is 6.98. The first-order valence-electron chi connectivity index (χ1n) is 7.15. The minimum Gasteiger partial charge on any atom is -0.494 e. The minimum absolute atomic E-state index is 0.322. The van der Waals surface area contributed by atoms with E-state index in [1.165, 1.54) is 0 Å². The Hall–Kier alpha value is -1.59. The molecule has 0 unspecified atom stereocenters. The van der Waals surface area contributed by atoms with E-state index in [4.69, 9.17) is 18.9 Å². The number of unbranched alkanes of at least 4 members (excludes halogenated alkanes) is 1. The Morgan fingerprint density at radius 2 is 1.48 bits per heavy atom. The number of ether oxygens (including phenoxy) is 4. The summed E-state index contributed by atoms with van der Waals surface area (Å²) < 4.78 is 20.6. The van der Waals surface area contributed by atoms with Crippen LogP contribution < -0.4 is 4.74 Å². The van der Waals surface area contributed by atoms with Crippen LogP contribution in [0.2, 0.25) is 0 Å². The fourth-order valence-electron chi connectivity index (χ4n) is 1.68. The summed E-state index contributed by atoms with van der Waals surface area (Å²) in [6.07, 6.45) is 2.62. The van der Waals surface area contributed by atoms with Crippen molar-refractivity contribution in [2.45, 2.75) is 19.3 Å². The molecule has 1 rings (SSSR count). The fourth-order valence-corrected chi connectivity index (χ4v) is 1.68. The van der Waals surface area contributed by atoms with Crippen molar-refractivity contribution in [1.82, 2.24) is 0 Å². The highest BCUT2D eigenvalue weighted by Crippen LogP contribution is 2.13. The number of benzene rings is 1. The number of carbonyl (C=O) groups excluding carboxylic acids is 1. The molecule has 1 aromatic carbocycles. The van der Waals surface area contributed by atoms with Gasteiger partial charge in [0.25, 0.3) is 0 Å². The molecule has 0 radical (unpaired) electrons. The first-order valence-corrected chi connectivity index (χ1v) is 7.15. The van der Waals surface area contributed by atoms with Gasteiger partial charge >= 0.3 is 5.97 Å². The van der Waals surface area contributed by atoms with Gasteiger partial charge < -0.3 is 18.9 Å². The lowest BCUT2D eigenvalue weighted by molar-refractivity contribution is 0.0468. The van der Waals surface area contributed by atoms with Crippen LogP contribution in [0.1, 0.15) is 29.6 Å². The molecule has 0 saturated carbocycles. The Bertz CT molecular complexity index is 388. The van der Waals surface area contributed by atoms with Crippen molar-refractivity contribution in [1.29, 1.82) is 0 Å². The van der Waals surface area contributed by atoms with Crippen LogP contribution >= 0.6 is 0 Å². The molecule has 21 heavy (non-hydrogen) atoms. The molecule has 0 aliphatic rings. The molecule has 0 N–H and O–H groups in total. The van der Waals surface area contributed by atoms with Gasteiger partial charge in [-0.1, -0.05) is 0 Å². The van der Waals surface area contributed by atoms with E-state index in [2.05, 4.69) is 0 Å². The standard InChI is InChI=1S/C16H24O5/c1-18-10-3-4-12-20-15-8-6-14(7-9-15)16(17)21-13-5-11-19-2/h6-9H,3-5,10-13H2,1-2H3. The Balaban J connectivity index is 2.27. The molecule has 0 amide bonds. The maximum atomic E-state index is 11.7. The fraction of sp³-hybridized carbons (Fsp3) is 0.562. The summed E-state index contributed by atoms with van der Waals surface area (Å²) in [4.78, 5) is 11.7. The molecule has 0 aliphatic carbocycles. The number of rotatable bonds is 11. The van der Waals surface area contributed by atoms with E-state index in [9.17, 15) is 4.79 Å². The zero-order chi connectivity index (χ0) is 15.3. The van der Waals surface area contributed by atoms with E-state index < -0.39 is 0 Å². The average molecular weight is 296 g/mol. The molecular formula is C16H24O5. The van der Waals surface area contributed by atoms with Gasteiger partial charge in [0.05, 0.1) is 18.8 Å². The molecule has 0 spiro atoms. The predicted octanol–water partition coefficient (Wildman–Crippen LogP) is 2.69. The van der Waals surface area contributed by atoms with E-state index in [0.29, 0.717) is 31.8 Å². The van der Waals surface area contributed by atoms with Gasteiger partial charge in [-0.25, -0.2) is 4.79 Å². The second-order valence-corrected chi connectivity index (χ2v) is 4.56. The van der Waals surface area contributed by atoms with Crippen LogP contribution in [0.5, 0.6) is 5.75 Å². The van der Waals surface area contributed by atoms with E-state index in [0.717, 1.165) is 25.2 Å². The van der Waals surface area contributed by atoms with Crippen molar-refractivity contribution in [2.24, 2.45) is 0 Å². The van der Waals surface area contributed by atoms with Gasteiger partial charge in [0.2, 0.25) is 0 Å². The highest BCUT2D eigenvalue weighted by Gasteiger charge is 2.06. The van der Waals surface area contributed by atoms with Crippen molar-refractivity contribution in [2.75, 3.05) is 40.6 Å². The van der Waals surface area contributed by atoms with Gasteiger partial charge in [-0.3, -0.25) is 0 Å². The predicted molar refractivity (Wildman–Crippen MR) is 79.8 cm³/mol. The van der Waals surface area contributed by atoms with Gasteiger partial charge in [0.15, 0.2) is 0 Å². The number of hydrogen-bond acceptors (Lipinski definition) is 5. The largest absolute Gasteiger partial charge is 0.494 e. The number of hydrogen-bond donors (Lipinski definition) is 0. The van der Waals surface area contributed by atoms with Crippen molar-refractivity contribution in [3.8, 4) is 5.75 Å². The summed E-state index contributed by atoms with van der Waals surface area (Å²) in [7, 11) is 3.31. The molecule has 0 bridgehead atoms. The molecule has 0 aliphatic heterocycles. The van der Waals surface area contributed by atoms with E-state index in [1.807, 2.05) is 0 Å². The van der Waals surface area contributed by atoms with Gasteiger partial charge in [-0.2, -0.15) is 0 Å². The lowest BCUT2D eigenvalue weighted by Gasteiger charge is -2.07. The monoisotopic (exact) mass is 296 g/mol. The number of esters is 1. The molecule has 5 nitrogen and oxygen atoms in total. The van der Waals surface area contributed by atoms with Crippen LogP contribution in [-0.2, 0) is 14.2 Å². The molecule has 0 aromatic heterocycles. The lowest BCUT2D eigenvalue weighted by atomic mass is 10.2. The van der Waals surface area contributed by atoms with Crippen LogP contribution in [0.3, 0.4) is 0 Å². The first-order chi connectivity index (χ1) is 10.3. The maximum Gasteiger partial charge on any atom is 0.338 e. The van der Waals surface area contributed by atoms with Crippen LogP contribution in [0.15, 0.2) is 24.3 Å². The highest BCUT2D eigenvalue weighted by atomic mass is 16.5. The smallest absolute Gasteiger partial charge is 0.338 e. The van der Waals surface area contributed by atoms with E-state index >= 15 is 0 Å². The van der Waals surface area contributed by atoms with Crippen LogP contribution in [0, 0.1) is 0 Å². The van der Waals surface area contributed by atoms with Crippen molar-refractivity contribution in [3.05, 3.63) is 29.8 Å². The van der Waals surface area contributed by atoms with Crippen LogP contribution in [0.25, 0.3) is 0 Å². The molecule has 0 heterocycles. The second-order valence-electron chi connectivity index (χ2n) is 4.56. The van der Waals surface area contributed by atoms with Gasteiger partial charge in [-0.15, -0.1) is 0 Å². The second kappa shape index (κ2) is 11.1. The summed E-state index contributed by atoms with van der Waals surface area (Å²) in [5, 5.41) is 0. The van der Waals surface area contributed by atoms with E-state index in [-0.39, 0.29) is 5.97 Å². The zero-order valence-corrected chi connectivity index (χ0v) is 12.8. The third-order valence-electron chi connectivity index (χ3n) is 2.83. The number of methoxy groups -OCH3 is 2. The Labute approximate surface area is 126 Å². The molecule has 118 valence electrons. The van der Waals surface area contributed by atoms with Gasteiger partial charge in [-0.05, 0) is 37.1 Å². The summed E-state index contributed by atoms with van der Waals surface area (Å²) in [5.74, 6) is 0.432. The maximum absolute atomic E-state index is 11.7.